The summed E-state index contributed by atoms with van der Waals surface area (Å²) in [7, 11) is -3.01. The van der Waals surface area contributed by atoms with Gasteiger partial charge in [-0.05, 0) is 51.5 Å². The Hall–Kier alpha value is -0.0900. The van der Waals surface area contributed by atoms with Gasteiger partial charge in [-0.2, -0.15) is 0 Å². The van der Waals surface area contributed by atoms with E-state index in [-0.39, 0.29) is 11.2 Å². The predicted molar refractivity (Wildman–Crippen MR) is 84.3 cm³/mol. The molecule has 0 amide bonds. The minimum atomic E-state index is -3.01. The summed E-state index contributed by atoms with van der Waals surface area (Å²) in [6.07, 6.45) is 1.73. The lowest BCUT2D eigenvalue weighted by atomic mass is 9.84. The Morgan fingerprint density at radius 3 is 2.00 bits per heavy atom. The summed E-state index contributed by atoms with van der Waals surface area (Å²) < 4.78 is 23.7. The second kappa shape index (κ2) is 7.07. The van der Waals surface area contributed by atoms with Crippen molar-refractivity contribution in [3.05, 3.63) is 0 Å². The Balaban J connectivity index is 4.48. The predicted octanol–water partition coefficient (Wildman–Crippen LogP) is 3.25. The van der Waals surface area contributed by atoms with Crippen LogP contribution in [0.15, 0.2) is 0 Å². The minimum absolute atomic E-state index is 0.0627. The van der Waals surface area contributed by atoms with Gasteiger partial charge in [-0.3, -0.25) is 0 Å². The second-order valence-corrected chi connectivity index (χ2v) is 10.2. The van der Waals surface area contributed by atoms with Crippen LogP contribution in [0.2, 0.25) is 0 Å². The molecule has 0 saturated heterocycles. The first-order valence-corrected chi connectivity index (χ1v) is 9.02. The third kappa shape index (κ3) is 6.75. The van der Waals surface area contributed by atoms with Crippen LogP contribution in [0.25, 0.3) is 0 Å². The van der Waals surface area contributed by atoms with Crippen LogP contribution in [0, 0.1) is 11.3 Å². The average molecular weight is 292 g/mol. The second-order valence-electron chi connectivity index (χ2n) is 7.37. The number of nitrogens with one attached hydrogen (secondary N) is 1. The van der Waals surface area contributed by atoms with Crippen LogP contribution in [0.4, 0.5) is 0 Å². The lowest BCUT2D eigenvalue weighted by Crippen LogP contribution is -2.37. The molecule has 3 nitrogen and oxygen atoms in total. The van der Waals surface area contributed by atoms with Gasteiger partial charge in [0.2, 0.25) is 0 Å². The summed E-state index contributed by atoms with van der Waals surface area (Å²) in [5.74, 6) is 0.906. The summed E-state index contributed by atoms with van der Waals surface area (Å²) in [5.41, 5.74) is 0.0627. The van der Waals surface area contributed by atoms with E-state index in [9.17, 15) is 8.42 Å². The fraction of sp³-hybridized carbons (Fsp3) is 1.00. The molecule has 0 bridgehead atoms. The molecule has 0 fully saturated rings. The lowest BCUT2D eigenvalue weighted by molar-refractivity contribution is 0.277. The van der Waals surface area contributed by atoms with Gasteiger partial charge in [0, 0.05) is 6.54 Å². The molecule has 0 aromatic heterocycles. The molecule has 0 radical (unpaired) electrons. The van der Waals surface area contributed by atoms with Crippen LogP contribution >= 0.6 is 0 Å². The standard InChI is InChI=1S/C15H33NO2S/c1-8-15(7,12-16-11-13(2)3)9-10-19(17,18)14(4,5)6/h13,16H,8-12H2,1-7H3. The highest BCUT2D eigenvalue weighted by Crippen LogP contribution is 2.28. The topological polar surface area (TPSA) is 46.2 Å². The highest BCUT2D eigenvalue weighted by atomic mass is 32.2. The van der Waals surface area contributed by atoms with E-state index < -0.39 is 14.6 Å². The molecule has 0 aliphatic heterocycles. The fourth-order valence-corrected chi connectivity index (χ4v) is 3.11. The van der Waals surface area contributed by atoms with Crippen molar-refractivity contribution in [2.45, 2.75) is 66.1 Å². The molecular formula is C15H33NO2S. The molecule has 0 saturated carbocycles. The summed E-state index contributed by atoms with van der Waals surface area (Å²) in [5, 5.41) is 3.46. The highest BCUT2D eigenvalue weighted by molar-refractivity contribution is 7.92. The highest BCUT2D eigenvalue weighted by Gasteiger charge is 2.32. The largest absolute Gasteiger partial charge is 0.316 e. The molecule has 0 aromatic rings. The van der Waals surface area contributed by atoms with Gasteiger partial charge < -0.3 is 5.32 Å². The number of hydrogen-bond donors (Lipinski definition) is 1. The van der Waals surface area contributed by atoms with E-state index in [2.05, 4.69) is 33.0 Å². The van der Waals surface area contributed by atoms with Crippen molar-refractivity contribution in [3.8, 4) is 0 Å². The molecule has 0 aliphatic rings. The van der Waals surface area contributed by atoms with Crippen LogP contribution < -0.4 is 5.32 Å². The normalized spacial score (nSPS) is 16.6. The van der Waals surface area contributed by atoms with Gasteiger partial charge in [0.15, 0.2) is 9.84 Å². The van der Waals surface area contributed by atoms with Crippen LogP contribution in [0.1, 0.15) is 61.3 Å². The Morgan fingerprint density at radius 2 is 1.63 bits per heavy atom. The van der Waals surface area contributed by atoms with E-state index in [1.54, 1.807) is 20.8 Å². The van der Waals surface area contributed by atoms with E-state index in [0.29, 0.717) is 5.92 Å². The van der Waals surface area contributed by atoms with Crippen molar-refractivity contribution in [2.24, 2.45) is 11.3 Å². The first-order valence-electron chi connectivity index (χ1n) is 7.36. The first kappa shape index (κ1) is 18.9. The number of rotatable bonds is 8. The van der Waals surface area contributed by atoms with E-state index in [4.69, 9.17) is 0 Å². The van der Waals surface area contributed by atoms with Gasteiger partial charge in [-0.15, -0.1) is 0 Å². The molecule has 1 atom stereocenters. The van der Waals surface area contributed by atoms with Crippen molar-refractivity contribution in [2.75, 3.05) is 18.8 Å². The minimum Gasteiger partial charge on any atom is -0.316 e. The Bertz CT molecular complexity index is 355. The zero-order valence-corrected chi connectivity index (χ0v) is 14.7. The zero-order valence-electron chi connectivity index (χ0n) is 13.8. The fourth-order valence-electron chi connectivity index (χ4n) is 1.74. The smallest absolute Gasteiger partial charge is 0.155 e. The summed E-state index contributed by atoms with van der Waals surface area (Å²) in [6.45, 7) is 15.9. The lowest BCUT2D eigenvalue weighted by Gasteiger charge is -2.30. The van der Waals surface area contributed by atoms with Crippen molar-refractivity contribution in [3.63, 3.8) is 0 Å². The first-order chi connectivity index (χ1) is 8.43. The maximum atomic E-state index is 12.2. The maximum absolute atomic E-state index is 12.2. The monoisotopic (exact) mass is 291 g/mol. The summed E-state index contributed by atoms with van der Waals surface area (Å²) >= 11 is 0. The van der Waals surface area contributed by atoms with Gasteiger partial charge >= 0.3 is 0 Å². The maximum Gasteiger partial charge on any atom is 0.155 e. The van der Waals surface area contributed by atoms with E-state index >= 15 is 0 Å². The van der Waals surface area contributed by atoms with Gasteiger partial charge in [0.05, 0.1) is 10.5 Å². The molecule has 1 N–H and O–H groups in total. The average Bonchev–Trinajstić information content (AvgIpc) is 2.24. The van der Waals surface area contributed by atoms with Crippen molar-refractivity contribution < 1.29 is 8.42 Å². The third-order valence-electron chi connectivity index (χ3n) is 3.87. The molecule has 116 valence electrons. The molecule has 0 spiro atoms. The van der Waals surface area contributed by atoms with Gasteiger partial charge in [-0.25, -0.2) is 8.42 Å². The van der Waals surface area contributed by atoms with Crippen molar-refractivity contribution >= 4 is 9.84 Å². The molecular weight excluding hydrogens is 258 g/mol. The summed E-state index contributed by atoms with van der Waals surface area (Å²) in [4.78, 5) is 0. The molecule has 4 heteroatoms. The van der Waals surface area contributed by atoms with Gasteiger partial charge in [0.25, 0.3) is 0 Å². The molecule has 0 aliphatic carbocycles. The van der Waals surface area contributed by atoms with Crippen LogP contribution in [-0.4, -0.2) is 32.0 Å². The van der Waals surface area contributed by atoms with Gasteiger partial charge in [-0.1, -0.05) is 27.7 Å². The SMILES string of the molecule is CCC(C)(CCS(=O)(=O)C(C)(C)C)CNCC(C)C. The van der Waals surface area contributed by atoms with Crippen molar-refractivity contribution in [1.82, 2.24) is 5.32 Å². The number of sulfone groups is 1. The quantitative estimate of drug-likeness (QED) is 0.746. The Kier molecular flexibility index (Phi) is 7.04. The van der Waals surface area contributed by atoms with Crippen molar-refractivity contribution in [1.29, 1.82) is 0 Å². The Labute approximate surface area is 120 Å². The molecule has 1 unspecified atom stereocenters. The van der Waals surface area contributed by atoms with Gasteiger partial charge in [0.1, 0.15) is 0 Å². The van der Waals surface area contributed by atoms with E-state index in [0.717, 1.165) is 25.9 Å². The molecule has 0 aromatic carbocycles. The third-order valence-corrected chi connectivity index (χ3v) is 6.47. The van der Waals surface area contributed by atoms with E-state index in [1.165, 1.54) is 0 Å². The number of hydrogen-bond acceptors (Lipinski definition) is 3. The zero-order chi connectivity index (χ0) is 15.3. The van der Waals surface area contributed by atoms with Crippen LogP contribution in [-0.2, 0) is 9.84 Å². The van der Waals surface area contributed by atoms with Crippen LogP contribution in [0.3, 0.4) is 0 Å². The van der Waals surface area contributed by atoms with Crippen LogP contribution in [0.5, 0.6) is 0 Å². The molecule has 0 heterocycles. The molecule has 0 rings (SSSR count). The van der Waals surface area contributed by atoms with E-state index in [1.807, 2.05) is 0 Å². The summed E-state index contributed by atoms with van der Waals surface area (Å²) in [6, 6.07) is 0. The molecule has 19 heavy (non-hydrogen) atoms. The Morgan fingerprint density at radius 1 is 1.11 bits per heavy atom.